The lowest BCUT2D eigenvalue weighted by atomic mass is 10.1. The zero-order valence-corrected chi connectivity index (χ0v) is 11.1. The molecule has 0 spiro atoms. The summed E-state index contributed by atoms with van der Waals surface area (Å²) in [5, 5.41) is 3.40. The van der Waals surface area contributed by atoms with E-state index in [1.54, 1.807) is 0 Å². The summed E-state index contributed by atoms with van der Waals surface area (Å²) in [7, 11) is 1.52. The summed E-state index contributed by atoms with van der Waals surface area (Å²) in [4.78, 5) is 1.34. The van der Waals surface area contributed by atoms with Crippen molar-refractivity contribution in [1.82, 2.24) is 10.2 Å². The summed E-state index contributed by atoms with van der Waals surface area (Å²) in [5.74, 6) is 0. The van der Waals surface area contributed by atoms with E-state index in [0.29, 0.717) is 12.6 Å². The largest absolute Gasteiger partial charge is 0.401 e. The van der Waals surface area contributed by atoms with E-state index in [9.17, 15) is 13.2 Å². The van der Waals surface area contributed by atoms with Crippen molar-refractivity contribution in [2.24, 2.45) is 0 Å². The molecule has 0 rings (SSSR count). The van der Waals surface area contributed by atoms with E-state index in [2.05, 4.69) is 19.2 Å². The minimum absolute atomic E-state index is 0.439. The highest BCUT2D eigenvalue weighted by Gasteiger charge is 2.28. The van der Waals surface area contributed by atoms with E-state index in [1.165, 1.54) is 11.9 Å². The maximum Gasteiger partial charge on any atom is 0.401 e. The van der Waals surface area contributed by atoms with Crippen molar-refractivity contribution in [1.29, 1.82) is 0 Å². The maximum absolute atomic E-state index is 12.1. The third-order valence-corrected chi connectivity index (χ3v) is 2.72. The molecule has 2 nitrogen and oxygen atoms in total. The average molecular weight is 254 g/mol. The van der Waals surface area contributed by atoms with Crippen LogP contribution in [0.5, 0.6) is 0 Å². The Hall–Kier alpha value is -0.290. The number of nitrogens with one attached hydrogen (secondary N) is 1. The molecule has 0 saturated heterocycles. The molecule has 0 bridgehead atoms. The van der Waals surface area contributed by atoms with Gasteiger partial charge < -0.3 is 5.32 Å². The van der Waals surface area contributed by atoms with Crippen molar-refractivity contribution >= 4 is 0 Å². The van der Waals surface area contributed by atoms with E-state index in [0.717, 1.165) is 32.2 Å². The summed E-state index contributed by atoms with van der Waals surface area (Å²) >= 11 is 0. The van der Waals surface area contributed by atoms with Gasteiger partial charge in [0.15, 0.2) is 0 Å². The summed E-state index contributed by atoms with van der Waals surface area (Å²) in [6, 6.07) is 0.439. The molecule has 0 saturated carbocycles. The minimum Gasteiger partial charge on any atom is -0.314 e. The maximum atomic E-state index is 12.1. The zero-order chi connectivity index (χ0) is 13.3. The second-order valence-corrected chi connectivity index (χ2v) is 4.55. The lowest BCUT2D eigenvalue weighted by Gasteiger charge is -2.21. The van der Waals surface area contributed by atoms with Crippen LogP contribution in [0.15, 0.2) is 0 Å². The van der Waals surface area contributed by atoms with Gasteiger partial charge in [0, 0.05) is 6.04 Å². The van der Waals surface area contributed by atoms with Crippen LogP contribution in [0.4, 0.5) is 13.2 Å². The molecule has 0 amide bonds. The smallest absolute Gasteiger partial charge is 0.314 e. The first-order valence-corrected chi connectivity index (χ1v) is 6.37. The Kier molecular flexibility index (Phi) is 8.60. The van der Waals surface area contributed by atoms with Crippen molar-refractivity contribution < 1.29 is 13.2 Å². The van der Waals surface area contributed by atoms with Crippen LogP contribution in [-0.4, -0.2) is 43.8 Å². The quantitative estimate of drug-likeness (QED) is 0.680. The summed E-state index contributed by atoms with van der Waals surface area (Å²) in [5.41, 5.74) is 0. The molecule has 104 valence electrons. The first kappa shape index (κ1) is 16.7. The molecule has 0 aliphatic rings. The molecule has 17 heavy (non-hydrogen) atoms. The first-order valence-electron chi connectivity index (χ1n) is 6.37. The average Bonchev–Trinajstić information content (AvgIpc) is 2.20. The van der Waals surface area contributed by atoms with Gasteiger partial charge in [0.2, 0.25) is 0 Å². The molecule has 0 aliphatic heterocycles. The van der Waals surface area contributed by atoms with Crippen molar-refractivity contribution in [3.05, 3.63) is 0 Å². The van der Waals surface area contributed by atoms with Crippen molar-refractivity contribution in [3.63, 3.8) is 0 Å². The van der Waals surface area contributed by atoms with E-state index in [1.807, 2.05) is 0 Å². The van der Waals surface area contributed by atoms with Crippen molar-refractivity contribution in [3.8, 4) is 0 Å². The molecule has 0 aliphatic carbocycles. The van der Waals surface area contributed by atoms with Crippen LogP contribution in [0.1, 0.15) is 39.5 Å². The molecule has 1 atom stereocenters. The van der Waals surface area contributed by atoms with Gasteiger partial charge in [-0.15, -0.1) is 0 Å². The molecule has 5 heteroatoms. The molecule has 1 N–H and O–H groups in total. The standard InChI is InChI=1S/C12H25F3N2/c1-4-8-16-11(5-2)7-6-9-17(3)10-12(13,14)15/h11,16H,4-10H2,1-3H3. The summed E-state index contributed by atoms with van der Waals surface area (Å²) in [6.07, 6.45) is -0.215. The highest BCUT2D eigenvalue weighted by molar-refractivity contribution is 4.66. The Morgan fingerprint density at radius 2 is 1.88 bits per heavy atom. The third kappa shape index (κ3) is 10.6. The number of hydrogen-bond acceptors (Lipinski definition) is 2. The lowest BCUT2D eigenvalue weighted by molar-refractivity contribution is -0.143. The fourth-order valence-electron chi connectivity index (χ4n) is 1.79. The number of rotatable bonds is 9. The normalized spacial score (nSPS) is 14.3. The molecule has 1 unspecified atom stereocenters. The van der Waals surface area contributed by atoms with Gasteiger partial charge in [-0.25, -0.2) is 0 Å². The number of alkyl halides is 3. The molecule has 0 fully saturated rings. The topological polar surface area (TPSA) is 15.3 Å². The second kappa shape index (κ2) is 8.75. The third-order valence-electron chi connectivity index (χ3n) is 2.72. The van der Waals surface area contributed by atoms with Gasteiger partial charge in [-0.05, 0) is 45.8 Å². The van der Waals surface area contributed by atoms with Crippen LogP contribution in [-0.2, 0) is 0 Å². The van der Waals surface area contributed by atoms with Gasteiger partial charge in [0.05, 0.1) is 6.54 Å². The Labute approximate surface area is 103 Å². The van der Waals surface area contributed by atoms with Gasteiger partial charge >= 0.3 is 6.18 Å². The van der Waals surface area contributed by atoms with Crippen molar-refractivity contribution in [2.75, 3.05) is 26.7 Å². The molecule has 0 aromatic heterocycles. The van der Waals surface area contributed by atoms with Crippen molar-refractivity contribution in [2.45, 2.75) is 51.7 Å². The molecule has 0 aromatic rings. The Balaban J connectivity index is 3.66. The van der Waals surface area contributed by atoms with E-state index < -0.39 is 12.7 Å². The monoisotopic (exact) mass is 254 g/mol. The van der Waals surface area contributed by atoms with E-state index in [-0.39, 0.29) is 0 Å². The SMILES string of the molecule is CCCNC(CC)CCCN(C)CC(F)(F)F. The van der Waals surface area contributed by atoms with Gasteiger partial charge in [-0.1, -0.05) is 13.8 Å². The Morgan fingerprint density at radius 1 is 1.24 bits per heavy atom. The van der Waals surface area contributed by atoms with Crippen LogP contribution in [0, 0.1) is 0 Å². The molecular formula is C12H25F3N2. The van der Waals surface area contributed by atoms with E-state index >= 15 is 0 Å². The van der Waals surface area contributed by atoms with E-state index in [4.69, 9.17) is 0 Å². The Bertz CT molecular complexity index is 183. The van der Waals surface area contributed by atoms with Crippen LogP contribution in [0.25, 0.3) is 0 Å². The van der Waals surface area contributed by atoms with Crippen LogP contribution < -0.4 is 5.32 Å². The van der Waals surface area contributed by atoms with Crippen LogP contribution in [0.3, 0.4) is 0 Å². The van der Waals surface area contributed by atoms with Gasteiger partial charge in [-0.3, -0.25) is 4.90 Å². The molecule has 0 radical (unpaired) electrons. The highest BCUT2D eigenvalue weighted by Crippen LogP contribution is 2.15. The first-order chi connectivity index (χ1) is 7.89. The second-order valence-electron chi connectivity index (χ2n) is 4.55. The summed E-state index contributed by atoms with van der Waals surface area (Å²) < 4.78 is 36.2. The van der Waals surface area contributed by atoms with Gasteiger partial charge in [0.25, 0.3) is 0 Å². The Morgan fingerprint density at radius 3 is 2.35 bits per heavy atom. The fraction of sp³-hybridized carbons (Fsp3) is 1.00. The van der Waals surface area contributed by atoms with Gasteiger partial charge in [0.1, 0.15) is 0 Å². The predicted molar refractivity (Wildman–Crippen MR) is 65.2 cm³/mol. The zero-order valence-electron chi connectivity index (χ0n) is 11.1. The fourth-order valence-corrected chi connectivity index (χ4v) is 1.79. The molecular weight excluding hydrogens is 229 g/mol. The van der Waals surface area contributed by atoms with Crippen LogP contribution >= 0.6 is 0 Å². The van der Waals surface area contributed by atoms with Crippen LogP contribution in [0.2, 0.25) is 0 Å². The van der Waals surface area contributed by atoms with Gasteiger partial charge in [-0.2, -0.15) is 13.2 Å². The molecule has 0 heterocycles. The lowest BCUT2D eigenvalue weighted by Crippen LogP contribution is -2.33. The predicted octanol–water partition coefficient (Wildman–Crippen LogP) is 3.04. The highest BCUT2D eigenvalue weighted by atomic mass is 19.4. The minimum atomic E-state index is -4.08. The number of nitrogens with zero attached hydrogens (tertiary/aromatic N) is 1. The number of hydrogen-bond donors (Lipinski definition) is 1. The summed E-state index contributed by atoms with van der Waals surface area (Å²) in [6.45, 7) is 4.89. The number of halogens is 3. The molecule has 0 aromatic carbocycles.